The molecular formula is C16H16N2O3S. The summed E-state index contributed by atoms with van der Waals surface area (Å²) in [5.74, 6) is 0.0567. The van der Waals surface area contributed by atoms with Gasteiger partial charge in [-0.05, 0) is 23.8 Å². The molecule has 114 valence electrons. The normalized spacial score (nSPS) is 23.9. The van der Waals surface area contributed by atoms with Crippen LogP contribution in [0.15, 0.2) is 47.5 Å². The largest absolute Gasteiger partial charge is 0.401 e. The number of nitrogens with zero attached hydrogens (tertiary/aromatic N) is 2. The Morgan fingerprint density at radius 2 is 1.95 bits per heavy atom. The van der Waals surface area contributed by atoms with Crippen molar-refractivity contribution >= 4 is 34.5 Å². The molecule has 0 aliphatic carbocycles. The average Bonchev–Trinajstić information content (AvgIpc) is 2.97. The first-order chi connectivity index (χ1) is 10.6. The molecule has 1 saturated heterocycles. The van der Waals surface area contributed by atoms with Crippen LogP contribution < -0.4 is 4.90 Å². The minimum atomic E-state index is -1.09. The predicted octanol–water partition coefficient (Wildman–Crippen LogP) is 2.65. The molecular weight excluding hydrogens is 300 g/mol. The van der Waals surface area contributed by atoms with Gasteiger partial charge in [0.1, 0.15) is 0 Å². The third-order valence-corrected chi connectivity index (χ3v) is 4.39. The summed E-state index contributed by atoms with van der Waals surface area (Å²) in [5.41, 5.74) is 1.21. The van der Waals surface area contributed by atoms with Gasteiger partial charge in [-0.15, -0.1) is 16.6 Å². The molecule has 0 saturated carbocycles. The number of anilines is 1. The maximum atomic E-state index is 11.3. The van der Waals surface area contributed by atoms with Gasteiger partial charge >= 0.3 is 11.7 Å². The fourth-order valence-electron chi connectivity index (χ4n) is 2.01. The second-order valence-corrected chi connectivity index (χ2v) is 6.18. The molecule has 22 heavy (non-hydrogen) atoms. The molecule has 1 spiro atoms. The standard InChI is InChI=1S/C16H16N2O3S/c1-18(2)13-9-7-12(8-10-13)5-3-4-6-14-17-16(11-22-14)15(19)20-21-16/h3-10H,11H2,1-2H3/b5-3+,6-4+. The summed E-state index contributed by atoms with van der Waals surface area (Å²) in [6.07, 6.45) is 7.71. The van der Waals surface area contributed by atoms with E-state index in [4.69, 9.17) is 4.89 Å². The van der Waals surface area contributed by atoms with E-state index in [0.717, 1.165) is 10.6 Å². The van der Waals surface area contributed by atoms with Gasteiger partial charge < -0.3 is 4.90 Å². The predicted molar refractivity (Wildman–Crippen MR) is 88.7 cm³/mol. The van der Waals surface area contributed by atoms with E-state index in [0.29, 0.717) is 5.75 Å². The van der Waals surface area contributed by atoms with Gasteiger partial charge in [-0.25, -0.2) is 9.79 Å². The summed E-state index contributed by atoms with van der Waals surface area (Å²) in [5, 5.41) is 0.768. The van der Waals surface area contributed by atoms with Crippen LogP contribution in [0, 0.1) is 0 Å². The summed E-state index contributed by atoms with van der Waals surface area (Å²) >= 11 is 1.48. The summed E-state index contributed by atoms with van der Waals surface area (Å²) in [4.78, 5) is 26.7. The summed E-state index contributed by atoms with van der Waals surface area (Å²) in [7, 11) is 4.03. The maximum absolute atomic E-state index is 11.3. The van der Waals surface area contributed by atoms with Crippen molar-refractivity contribution in [3.05, 3.63) is 48.1 Å². The van der Waals surface area contributed by atoms with E-state index in [2.05, 4.69) is 39.0 Å². The van der Waals surface area contributed by atoms with Gasteiger partial charge in [0.25, 0.3) is 0 Å². The summed E-state index contributed by atoms with van der Waals surface area (Å²) < 4.78 is 0. The Labute approximate surface area is 133 Å². The Hall–Kier alpha value is -2.05. The summed E-state index contributed by atoms with van der Waals surface area (Å²) in [6.45, 7) is 0. The molecule has 1 aromatic rings. The van der Waals surface area contributed by atoms with Crippen LogP contribution in [0.2, 0.25) is 0 Å². The Morgan fingerprint density at radius 3 is 2.50 bits per heavy atom. The first-order valence-electron chi connectivity index (χ1n) is 6.84. The highest BCUT2D eigenvalue weighted by Crippen LogP contribution is 2.36. The molecule has 0 bridgehead atoms. The number of allylic oxidation sites excluding steroid dienone is 2. The highest BCUT2D eigenvalue weighted by molar-refractivity contribution is 8.14. The molecule has 1 atom stereocenters. The van der Waals surface area contributed by atoms with E-state index in [-0.39, 0.29) is 0 Å². The Bertz CT molecular complexity index is 664. The molecule has 3 rings (SSSR count). The van der Waals surface area contributed by atoms with Crippen molar-refractivity contribution in [2.45, 2.75) is 5.72 Å². The molecule has 1 fully saturated rings. The van der Waals surface area contributed by atoms with Crippen molar-refractivity contribution in [3.63, 3.8) is 0 Å². The molecule has 1 unspecified atom stereocenters. The molecule has 0 N–H and O–H groups in total. The van der Waals surface area contributed by atoms with E-state index >= 15 is 0 Å². The lowest BCUT2D eigenvalue weighted by atomic mass is 10.2. The van der Waals surface area contributed by atoms with Crippen LogP contribution in [0.25, 0.3) is 6.08 Å². The molecule has 2 aliphatic rings. The van der Waals surface area contributed by atoms with Crippen molar-refractivity contribution in [1.82, 2.24) is 0 Å². The van der Waals surface area contributed by atoms with Crippen molar-refractivity contribution in [3.8, 4) is 0 Å². The quantitative estimate of drug-likeness (QED) is 0.631. The molecule has 1 aromatic carbocycles. The van der Waals surface area contributed by atoms with E-state index in [1.54, 1.807) is 0 Å². The second kappa shape index (κ2) is 5.98. The number of hydrogen-bond donors (Lipinski definition) is 0. The fourth-order valence-corrected chi connectivity index (χ4v) is 2.97. The van der Waals surface area contributed by atoms with E-state index in [9.17, 15) is 4.79 Å². The SMILES string of the molecule is CN(C)c1ccc(/C=C/C=C/C2=NC3(CS2)OOC3=O)cc1. The zero-order valence-corrected chi connectivity index (χ0v) is 13.2. The number of carbonyl (C=O) groups is 1. The van der Waals surface area contributed by atoms with E-state index < -0.39 is 11.7 Å². The highest BCUT2D eigenvalue weighted by Gasteiger charge is 2.56. The van der Waals surface area contributed by atoms with Gasteiger partial charge in [-0.3, -0.25) is 4.89 Å². The molecule has 6 heteroatoms. The third kappa shape index (κ3) is 2.93. The lowest BCUT2D eigenvalue weighted by Crippen LogP contribution is -2.51. The number of carbonyl (C=O) groups excluding carboxylic acids is 1. The lowest BCUT2D eigenvalue weighted by Gasteiger charge is -2.28. The fraction of sp³-hybridized carbons (Fsp3) is 0.250. The van der Waals surface area contributed by atoms with Crippen LogP contribution in [-0.4, -0.2) is 36.6 Å². The van der Waals surface area contributed by atoms with Crippen LogP contribution in [0.5, 0.6) is 0 Å². The van der Waals surface area contributed by atoms with Crippen molar-refractivity contribution in [1.29, 1.82) is 0 Å². The van der Waals surface area contributed by atoms with Crippen LogP contribution in [0.4, 0.5) is 5.69 Å². The Kier molecular flexibility index (Phi) is 4.04. The van der Waals surface area contributed by atoms with E-state index in [1.807, 2.05) is 38.4 Å². The zero-order chi connectivity index (χ0) is 15.6. The van der Waals surface area contributed by atoms with Crippen LogP contribution in [-0.2, 0) is 14.6 Å². The van der Waals surface area contributed by atoms with Crippen molar-refractivity contribution in [2.24, 2.45) is 4.99 Å². The maximum Gasteiger partial charge on any atom is 0.401 e. The molecule has 0 aromatic heterocycles. The average molecular weight is 316 g/mol. The number of hydrogen-bond acceptors (Lipinski definition) is 6. The number of rotatable bonds is 4. The molecule has 0 amide bonds. The first kappa shape index (κ1) is 14.9. The highest BCUT2D eigenvalue weighted by atomic mass is 32.2. The topological polar surface area (TPSA) is 51.1 Å². The van der Waals surface area contributed by atoms with Gasteiger partial charge in [0.05, 0.1) is 10.8 Å². The third-order valence-electron chi connectivity index (χ3n) is 3.33. The zero-order valence-electron chi connectivity index (χ0n) is 12.4. The number of benzene rings is 1. The lowest BCUT2D eigenvalue weighted by molar-refractivity contribution is -0.392. The minimum Gasteiger partial charge on any atom is -0.378 e. The molecule has 2 aliphatic heterocycles. The first-order valence-corrected chi connectivity index (χ1v) is 7.82. The Balaban J connectivity index is 1.59. The number of thioether (sulfide) groups is 1. The van der Waals surface area contributed by atoms with Crippen molar-refractivity contribution < 1.29 is 14.6 Å². The van der Waals surface area contributed by atoms with Crippen LogP contribution >= 0.6 is 11.8 Å². The van der Waals surface area contributed by atoms with Gasteiger partial charge in [-0.1, -0.05) is 30.4 Å². The second-order valence-electron chi connectivity index (χ2n) is 5.18. The van der Waals surface area contributed by atoms with Gasteiger partial charge in [0.15, 0.2) is 0 Å². The number of aliphatic imine (C=N–C) groups is 1. The summed E-state index contributed by atoms with van der Waals surface area (Å²) in [6, 6.07) is 8.27. The van der Waals surface area contributed by atoms with Crippen LogP contribution in [0.3, 0.4) is 0 Å². The smallest absolute Gasteiger partial charge is 0.378 e. The molecule has 5 nitrogen and oxygen atoms in total. The Morgan fingerprint density at radius 1 is 1.23 bits per heavy atom. The van der Waals surface area contributed by atoms with Crippen molar-refractivity contribution in [2.75, 3.05) is 24.7 Å². The van der Waals surface area contributed by atoms with Gasteiger partial charge in [-0.2, -0.15) is 0 Å². The van der Waals surface area contributed by atoms with Gasteiger partial charge in [0.2, 0.25) is 0 Å². The monoisotopic (exact) mass is 316 g/mol. The molecule has 2 heterocycles. The van der Waals surface area contributed by atoms with E-state index in [1.165, 1.54) is 17.4 Å². The van der Waals surface area contributed by atoms with Gasteiger partial charge in [0, 0.05) is 19.8 Å². The van der Waals surface area contributed by atoms with Crippen LogP contribution in [0.1, 0.15) is 5.56 Å². The molecule has 0 radical (unpaired) electrons. The minimum absolute atomic E-state index is 0.417.